The second-order valence-electron chi connectivity index (χ2n) is 2.18. The van der Waals surface area contributed by atoms with E-state index >= 15 is 0 Å². The Morgan fingerprint density at radius 3 is 2.14 bits per heavy atom. The number of phosphoric acid groups is 1. The van der Waals surface area contributed by atoms with Crippen LogP contribution in [-0.2, 0) is 22.9 Å². The highest BCUT2D eigenvalue weighted by Gasteiger charge is 2.30. The normalized spacial score (nSPS) is 11.4. The number of rotatable bonds is 7. The van der Waals surface area contributed by atoms with E-state index < -0.39 is 27.4 Å². The van der Waals surface area contributed by atoms with Crippen molar-refractivity contribution in [3.05, 3.63) is 0 Å². The Morgan fingerprint density at radius 2 is 1.79 bits per heavy atom. The fourth-order valence-corrected chi connectivity index (χ4v) is 1.41. The lowest BCUT2D eigenvalue weighted by Gasteiger charge is -2.14. The maximum atomic E-state index is 11.3. The number of carbonyl (C=O) groups is 1. The molecule has 0 saturated carbocycles. The number of aliphatic hydroxyl groups excluding tert-OH is 2. The predicted molar refractivity (Wildman–Crippen MR) is 44.9 cm³/mol. The molecular formula is C6H13O7P. The molecule has 8 heteroatoms. The molecule has 0 saturated heterocycles. The molecule has 0 aliphatic rings. The zero-order chi connectivity index (χ0) is 11.0. The van der Waals surface area contributed by atoms with E-state index in [-0.39, 0.29) is 6.42 Å². The summed E-state index contributed by atoms with van der Waals surface area (Å²) < 4.78 is 23.9. The third-order valence-electron chi connectivity index (χ3n) is 1.10. The minimum absolute atomic E-state index is 0.0492. The Kier molecular flexibility index (Phi) is 6.69. The van der Waals surface area contributed by atoms with Crippen LogP contribution in [0.4, 0.5) is 0 Å². The third kappa shape index (κ3) is 5.31. The van der Waals surface area contributed by atoms with E-state index in [1.54, 1.807) is 6.92 Å². The van der Waals surface area contributed by atoms with E-state index in [0.29, 0.717) is 6.42 Å². The molecule has 0 spiro atoms. The molecule has 84 valence electrons. The average Bonchev–Trinajstić information content (AvgIpc) is 2.04. The number of carbonyl (C=O) groups excluding carboxylic acids is 1. The van der Waals surface area contributed by atoms with Gasteiger partial charge in [-0.2, -0.15) is 0 Å². The van der Waals surface area contributed by atoms with Crippen LogP contribution in [0, 0.1) is 0 Å². The van der Waals surface area contributed by atoms with Crippen molar-refractivity contribution >= 4 is 13.8 Å². The summed E-state index contributed by atoms with van der Waals surface area (Å²) in [5.74, 6) is -0.780. The molecule has 0 radical (unpaired) electrons. The van der Waals surface area contributed by atoms with Crippen LogP contribution in [0.1, 0.15) is 19.8 Å². The second kappa shape index (κ2) is 6.92. The fraction of sp³-hybridized carbons (Fsp3) is 0.833. The van der Waals surface area contributed by atoms with Crippen molar-refractivity contribution in [2.24, 2.45) is 0 Å². The molecule has 0 rings (SSSR count). The van der Waals surface area contributed by atoms with Gasteiger partial charge in [0.2, 0.25) is 0 Å². The van der Waals surface area contributed by atoms with Crippen molar-refractivity contribution in [3.8, 4) is 0 Å². The maximum absolute atomic E-state index is 11.3. The van der Waals surface area contributed by atoms with Gasteiger partial charge in [-0.1, -0.05) is 6.92 Å². The van der Waals surface area contributed by atoms with Crippen molar-refractivity contribution in [1.82, 2.24) is 0 Å². The second-order valence-corrected chi connectivity index (χ2v) is 3.77. The van der Waals surface area contributed by atoms with Gasteiger partial charge in [-0.05, 0) is 6.42 Å². The number of phosphoric ester groups is 1. The summed E-state index contributed by atoms with van der Waals surface area (Å²) in [6.45, 7) is -0.140. The Hall–Kier alpha value is -0.460. The molecule has 0 unspecified atom stereocenters. The van der Waals surface area contributed by atoms with Gasteiger partial charge >= 0.3 is 13.8 Å². The minimum atomic E-state index is -4.15. The zero-order valence-corrected chi connectivity index (χ0v) is 8.61. The van der Waals surface area contributed by atoms with Crippen molar-refractivity contribution in [1.29, 1.82) is 0 Å². The SMILES string of the molecule is CCCC(=O)OP(=O)(OCO)OCO. The molecule has 0 fully saturated rings. The molecule has 0 aromatic heterocycles. The number of hydrogen-bond donors (Lipinski definition) is 2. The van der Waals surface area contributed by atoms with Crippen LogP contribution in [0.5, 0.6) is 0 Å². The van der Waals surface area contributed by atoms with Gasteiger partial charge in [0, 0.05) is 6.42 Å². The molecule has 0 aliphatic heterocycles. The maximum Gasteiger partial charge on any atom is 0.536 e. The molecule has 0 amide bonds. The summed E-state index contributed by atoms with van der Waals surface area (Å²) in [6.07, 6.45) is 0.560. The molecule has 0 aromatic carbocycles. The van der Waals surface area contributed by atoms with Gasteiger partial charge in [0.1, 0.15) is 0 Å². The summed E-state index contributed by atoms with van der Waals surface area (Å²) in [7, 11) is -4.15. The Morgan fingerprint density at radius 1 is 1.29 bits per heavy atom. The summed E-state index contributed by atoms with van der Waals surface area (Å²) in [5, 5.41) is 16.6. The lowest BCUT2D eigenvalue weighted by molar-refractivity contribution is -0.137. The van der Waals surface area contributed by atoms with Gasteiger partial charge in [0.25, 0.3) is 0 Å². The molecule has 14 heavy (non-hydrogen) atoms. The Balaban J connectivity index is 4.21. The molecule has 0 atom stereocenters. The van der Waals surface area contributed by atoms with Crippen LogP contribution in [0.3, 0.4) is 0 Å². The van der Waals surface area contributed by atoms with Crippen molar-refractivity contribution in [2.75, 3.05) is 13.6 Å². The lowest BCUT2D eigenvalue weighted by Crippen LogP contribution is -2.07. The first kappa shape index (κ1) is 13.5. The van der Waals surface area contributed by atoms with E-state index in [0.717, 1.165) is 0 Å². The van der Waals surface area contributed by atoms with Crippen LogP contribution in [-0.4, -0.2) is 29.8 Å². The molecular weight excluding hydrogens is 215 g/mol. The fourth-order valence-electron chi connectivity index (χ4n) is 0.606. The van der Waals surface area contributed by atoms with Crippen LogP contribution in [0.2, 0.25) is 0 Å². The first-order chi connectivity index (χ1) is 6.58. The van der Waals surface area contributed by atoms with Gasteiger partial charge in [0.05, 0.1) is 0 Å². The van der Waals surface area contributed by atoms with Gasteiger partial charge in [-0.25, -0.2) is 13.6 Å². The minimum Gasteiger partial charge on any atom is -0.370 e. The highest BCUT2D eigenvalue weighted by atomic mass is 31.2. The number of hydrogen-bond acceptors (Lipinski definition) is 7. The van der Waals surface area contributed by atoms with Crippen molar-refractivity contribution in [2.45, 2.75) is 19.8 Å². The van der Waals surface area contributed by atoms with E-state index in [9.17, 15) is 9.36 Å². The monoisotopic (exact) mass is 228 g/mol. The van der Waals surface area contributed by atoms with E-state index in [4.69, 9.17) is 10.2 Å². The van der Waals surface area contributed by atoms with Gasteiger partial charge in [0.15, 0.2) is 13.6 Å². The largest absolute Gasteiger partial charge is 0.536 e. The van der Waals surface area contributed by atoms with Gasteiger partial charge in [-0.15, -0.1) is 0 Å². The standard InChI is InChI=1S/C6H13O7P/c1-2-3-6(9)13-14(10,11-4-7)12-5-8/h7-8H,2-5H2,1H3. The molecule has 0 aromatic rings. The predicted octanol–water partition coefficient (Wildman–Crippen LogP) is 0.371. The summed E-state index contributed by atoms with van der Waals surface area (Å²) in [4.78, 5) is 10.9. The topological polar surface area (TPSA) is 102 Å². The van der Waals surface area contributed by atoms with Gasteiger partial charge in [-0.3, -0.25) is 4.79 Å². The van der Waals surface area contributed by atoms with Gasteiger partial charge < -0.3 is 14.7 Å². The van der Waals surface area contributed by atoms with Crippen LogP contribution >= 0.6 is 7.82 Å². The first-order valence-corrected chi connectivity index (χ1v) is 5.37. The third-order valence-corrected chi connectivity index (χ3v) is 2.39. The lowest BCUT2D eigenvalue weighted by atomic mass is 10.4. The zero-order valence-electron chi connectivity index (χ0n) is 7.71. The molecule has 0 aliphatic carbocycles. The summed E-state index contributed by atoms with van der Waals surface area (Å²) >= 11 is 0. The summed E-state index contributed by atoms with van der Waals surface area (Å²) in [6, 6.07) is 0. The van der Waals surface area contributed by atoms with Crippen LogP contribution in [0.25, 0.3) is 0 Å². The van der Waals surface area contributed by atoms with Crippen molar-refractivity contribution < 1.29 is 33.1 Å². The highest BCUT2D eigenvalue weighted by Crippen LogP contribution is 2.49. The smallest absolute Gasteiger partial charge is 0.370 e. The Bertz CT molecular complexity index is 206. The van der Waals surface area contributed by atoms with E-state index in [2.05, 4.69) is 13.6 Å². The van der Waals surface area contributed by atoms with E-state index in [1.807, 2.05) is 0 Å². The Labute approximate surface area is 81.2 Å². The van der Waals surface area contributed by atoms with E-state index in [1.165, 1.54) is 0 Å². The summed E-state index contributed by atoms with van der Waals surface area (Å²) in [5.41, 5.74) is 0. The molecule has 7 nitrogen and oxygen atoms in total. The van der Waals surface area contributed by atoms with Crippen molar-refractivity contribution in [3.63, 3.8) is 0 Å². The van der Waals surface area contributed by atoms with Crippen LogP contribution in [0.15, 0.2) is 0 Å². The highest BCUT2D eigenvalue weighted by molar-refractivity contribution is 7.49. The van der Waals surface area contributed by atoms with Crippen LogP contribution < -0.4 is 0 Å². The molecule has 0 bridgehead atoms. The number of aliphatic hydroxyl groups is 2. The quantitative estimate of drug-likeness (QED) is 0.479. The molecule has 2 N–H and O–H groups in total. The average molecular weight is 228 g/mol. The first-order valence-electron chi connectivity index (χ1n) is 3.91. The molecule has 0 heterocycles.